The van der Waals surface area contributed by atoms with E-state index >= 15 is 0 Å². The van der Waals surface area contributed by atoms with Crippen LogP contribution in [0.4, 0.5) is 17.5 Å². The van der Waals surface area contributed by atoms with Crippen LogP contribution < -0.4 is 21.3 Å². The van der Waals surface area contributed by atoms with Crippen LogP contribution in [0.1, 0.15) is 35.7 Å². The van der Waals surface area contributed by atoms with Crippen LogP contribution in [-0.4, -0.2) is 58.4 Å². The number of carboxylic acids is 1. The number of nitrogens with one attached hydrogen (secondary N) is 4. The number of esters is 1. The lowest BCUT2D eigenvalue weighted by molar-refractivity contribution is -0.136. The smallest absolute Gasteiger partial charge is 0.343 e. The SMILES string of the molecule is CCOC(=O)c1cnc(Nc2ccccc2C)nc1NCCCNC(=S)NCCC(=O)O. The minimum atomic E-state index is -0.886. The van der Waals surface area contributed by atoms with Crippen molar-refractivity contribution in [3.8, 4) is 0 Å². The van der Waals surface area contributed by atoms with Gasteiger partial charge >= 0.3 is 11.9 Å². The third-order valence-corrected chi connectivity index (χ3v) is 4.52. The normalized spacial score (nSPS) is 10.2. The van der Waals surface area contributed by atoms with E-state index < -0.39 is 11.9 Å². The van der Waals surface area contributed by atoms with Crippen molar-refractivity contribution in [1.82, 2.24) is 20.6 Å². The average Bonchev–Trinajstić information content (AvgIpc) is 2.75. The van der Waals surface area contributed by atoms with Crippen LogP contribution in [0.25, 0.3) is 0 Å². The maximum absolute atomic E-state index is 12.3. The van der Waals surface area contributed by atoms with Gasteiger partial charge in [0.15, 0.2) is 5.11 Å². The standard InChI is InChI=1S/C21H28N6O4S/c1-3-31-19(30)15-13-25-20(26-16-8-5-4-7-14(16)2)27-18(15)22-10-6-11-23-21(32)24-12-9-17(28)29/h4-5,7-8,13H,3,6,9-12H2,1-2H3,(H,28,29)(H2,23,24,32)(H2,22,25,26,27). The molecule has 0 aliphatic rings. The van der Waals surface area contributed by atoms with Crippen LogP contribution in [-0.2, 0) is 9.53 Å². The van der Waals surface area contributed by atoms with Gasteiger partial charge in [-0.25, -0.2) is 9.78 Å². The molecular formula is C21H28N6O4S. The number of nitrogens with zero attached hydrogens (tertiary/aromatic N) is 2. The minimum absolute atomic E-state index is 0.00734. The number of para-hydroxylation sites is 1. The first-order valence-corrected chi connectivity index (χ1v) is 10.7. The Morgan fingerprint density at radius 2 is 1.91 bits per heavy atom. The number of hydrogen-bond donors (Lipinski definition) is 5. The molecule has 1 heterocycles. The zero-order chi connectivity index (χ0) is 23.3. The first-order valence-electron chi connectivity index (χ1n) is 10.2. The number of aryl methyl sites for hydroxylation is 1. The van der Waals surface area contributed by atoms with E-state index in [1.54, 1.807) is 6.92 Å². The molecule has 0 fully saturated rings. The predicted octanol–water partition coefficient (Wildman–Crippen LogP) is 2.45. The summed E-state index contributed by atoms with van der Waals surface area (Å²) >= 11 is 5.10. The second-order valence-corrected chi connectivity index (χ2v) is 7.13. The van der Waals surface area contributed by atoms with Crippen LogP contribution in [0.15, 0.2) is 30.5 Å². The molecule has 2 aromatic rings. The van der Waals surface area contributed by atoms with Gasteiger partial charge in [0.1, 0.15) is 11.4 Å². The van der Waals surface area contributed by atoms with Gasteiger partial charge in [0.05, 0.1) is 13.0 Å². The van der Waals surface area contributed by atoms with Gasteiger partial charge in [-0.1, -0.05) is 18.2 Å². The van der Waals surface area contributed by atoms with Gasteiger partial charge in [-0.05, 0) is 44.1 Å². The Hall–Kier alpha value is -3.47. The Morgan fingerprint density at radius 3 is 2.62 bits per heavy atom. The zero-order valence-electron chi connectivity index (χ0n) is 18.1. The molecule has 2 rings (SSSR count). The summed E-state index contributed by atoms with van der Waals surface area (Å²) in [6, 6.07) is 7.75. The van der Waals surface area contributed by atoms with Crippen LogP contribution in [0.2, 0.25) is 0 Å². The van der Waals surface area contributed by atoms with Gasteiger partial charge in [0.2, 0.25) is 5.95 Å². The summed E-state index contributed by atoms with van der Waals surface area (Å²) in [6.07, 6.45) is 2.11. The first kappa shape index (κ1) is 24.8. The number of carboxylic acid groups (broad SMARTS) is 1. The molecule has 0 spiro atoms. The van der Waals surface area contributed by atoms with E-state index in [0.717, 1.165) is 11.3 Å². The number of benzene rings is 1. The first-order chi connectivity index (χ1) is 15.4. The molecule has 10 nitrogen and oxygen atoms in total. The quantitative estimate of drug-likeness (QED) is 0.181. The van der Waals surface area contributed by atoms with Gasteiger partial charge < -0.3 is 31.1 Å². The molecule has 1 aromatic heterocycles. The summed E-state index contributed by atoms with van der Waals surface area (Å²) < 4.78 is 5.10. The van der Waals surface area contributed by atoms with E-state index in [1.807, 2.05) is 31.2 Å². The molecule has 0 aliphatic heterocycles. The van der Waals surface area contributed by atoms with E-state index in [-0.39, 0.29) is 25.1 Å². The maximum atomic E-state index is 12.3. The second-order valence-electron chi connectivity index (χ2n) is 6.72. The summed E-state index contributed by atoms with van der Waals surface area (Å²) in [5, 5.41) is 21.2. The number of anilines is 3. The highest BCUT2D eigenvalue weighted by Gasteiger charge is 2.16. The Morgan fingerprint density at radius 1 is 1.16 bits per heavy atom. The summed E-state index contributed by atoms with van der Waals surface area (Å²) in [6.45, 7) is 5.29. The molecular weight excluding hydrogens is 432 g/mol. The van der Waals surface area contributed by atoms with Gasteiger partial charge in [0, 0.05) is 31.5 Å². The van der Waals surface area contributed by atoms with E-state index in [0.29, 0.717) is 36.4 Å². The topological polar surface area (TPSA) is 138 Å². The van der Waals surface area contributed by atoms with Gasteiger partial charge in [0.25, 0.3) is 0 Å². The summed E-state index contributed by atoms with van der Waals surface area (Å²) in [5.74, 6) is -0.657. The Balaban J connectivity index is 1.95. The number of carbonyl (C=O) groups excluding carboxylic acids is 1. The molecule has 1 aromatic carbocycles. The number of rotatable bonds is 12. The lowest BCUT2D eigenvalue weighted by Crippen LogP contribution is -2.37. The number of aromatic nitrogens is 2. The fourth-order valence-corrected chi connectivity index (χ4v) is 2.82. The van der Waals surface area contributed by atoms with E-state index in [2.05, 4.69) is 31.2 Å². The summed E-state index contributed by atoms with van der Waals surface area (Å²) in [4.78, 5) is 31.5. The molecule has 0 bridgehead atoms. The summed E-state index contributed by atoms with van der Waals surface area (Å²) in [7, 11) is 0. The number of carbonyl (C=O) groups is 2. The lowest BCUT2D eigenvalue weighted by atomic mass is 10.2. The molecule has 11 heteroatoms. The van der Waals surface area contributed by atoms with Gasteiger partial charge in [-0.3, -0.25) is 4.79 Å². The van der Waals surface area contributed by atoms with Crippen LogP contribution >= 0.6 is 12.2 Å². The van der Waals surface area contributed by atoms with E-state index in [4.69, 9.17) is 22.1 Å². The molecule has 172 valence electrons. The maximum Gasteiger partial charge on any atom is 0.343 e. The molecule has 0 unspecified atom stereocenters. The largest absolute Gasteiger partial charge is 0.481 e. The van der Waals surface area contributed by atoms with Crippen LogP contribution in [0.3, 0.4) is 0 Å². The number of ether oxygens (including phenoxy) is 1. The van der Waals surface area contributed by atoms with Crippen LogP contribution in [0.5, 0.6) is 0 Å². The molecule has 0 amide bonds. The molecule has 0 aliphatic carbocycles. The molecule has 0 atom stereocenters. The van der Waals surface area contributed by atoms with Crippen molar-refractivity contribution in [3.05, 3.63) is 41.6 Å². The number of thiocarbonyl (C=S) groups is 1. The molecule has 0 saturated heterocycles. The number of hydrogen-bond acceptors (Lipinski definition) is 8. The van der Waals surface area contributed by atoms with Crippen molar-refractivity contribution >= 4 is 46.7 Å². The highest BCUT2D eigenvalue weighted by molar-refractivity contribution is 7.80. The van der Waals surface area contributed by atoms with Crippen molar-refractivity contribution in [2.75, 3.05) is 36.9 Å². The third-order valence-electron chi connectivity index (χ3n) is 4.23. The van der Waals surface area contributed by atoms with Crippen molar-refractivity contribution in [3.63, 3.8) is 0 Å². The van der Waals surface area contributed by atoms with E-state index in [1.165, 1.54) is 6.20 Å². The predicted molar refractivity (Wildman–Crippen MR) is 126 cm³/mol. The Kier molecular flexibility index (Phi) is 10.1. The average molecular weight is 461 g/mol. The van der Waals surface area contributed by atoms with Crippen molar-refractivity contribution in [1.29, 1.82) is 0 Å². The molecule has 5 N–H and O–H groups in total. The molecule has 0 saturated carbocycles. The summed E-state index contributed by atoms with van der Waals surface area (Å²) in [5.41, 5.74) is 2.16. The minimum Gasteiger partial charge on any atom is -0.481 e. The Labute approximate surface area is 192 Å². The van der Waals surface area contributed by atoms with Crippen molar-refractivity contribution < 1.29 is 19.4 Å². The van der Waals surface area contributed by atoms with Gasteiger partial charge in [-0.2, -0.15) is 4.98 Å². The van der Waals surface area contributed by atoms with Crippen molar-refractivity contribution in [2.45, 2.75) is 26.7 Å². The van der Waals surface area contributed by atoms with Crippen molar-refractivity contribution in [2.24, 2.45) is 0 Å². The monoisotopic (exact) mass is 460 g/mol. The van der Waals surface area contributed by atoms with E-state index in [9.17, 15) is 9.59 Å². The molecule has 32 heavy (non-hydrogen) atoms. The second kappa shape index (κ2) is 13.1. The third kappa shape index (κ3) is 8.34. The van der Waals surface area contributed by atoms with Gasteiger partial charge in [-0.15, -0.1) is 0 Å². The number of aliphatic carboxylic acids is 1. The zero-order valence-corrected chi connectivity index (χ0v) is 18.9. The molecule has 0 radical (unpaired) electrons. The van der Waals surface area contributed by atoms with Crippen LogP contribution in [0, 0.1) is 6.92 Å². The highest BCUT2D eigenvalue weighted by Crippen LogP contribution is 2.20. The lowest BCUT2D eigenvalue weighted by Gasteiger charge is -2.14. The fourth-order valence-electron chi connectivity index (χ4n) is 2.61. The fraction of sp³-hybridized carbons (Fsp3) is 0.381. The highest BCUT2D eigenvalue weighted by atomic mass is 32.1. The Bertz CT molecular complexity index is 940.